The Labute approximate surface area is 157 Å². The lowest BCUT2D eigenvalue weighted by Crippen LogP contribution is -2.41. The zero-order valence-corrected chi connectivity index (χ0v) is 14.7. The minimum absolute atomic E-state index is 0.388. The molecule has 0 aliphatic carbocycles. The van der Waals surface area contributed by atoms with Crippen molar-refractivity contribution in [3.8, 4) is 0 Å². The molecule has 132 valence electrons. The highest BCUT2D eigenvalue weighted by atomic mass is 35.6. The van der Waals surface area contributed by atoms with E-state index in [1.165, 1.54) is 41.7 Å². The van der Waals surface area contributed by atoms with Gasteiger partial charge in [0, 0.05) is 22.9 Å². The molecule has 1 aromatic heterocycles. The van der Waals surface area contributed by atoms with Crippen LogP contribution in [0.5, 0.6) is 0 Å². The summed E-state index contributed by atoms with van der Waals surface area (Å²) < 4.78 is 11.2. The summed E-state index contributed by atoms with van der Waals surface area (Å²) in [5, 5.41) is 13.0. The molecule has 0 amide bonds. The maximum Gasteiger partial charge on any atom is 0.272 e. The Morgan fingerprint density at radius 1 is 1.24 bits per heavy atom. The van der Waals surface area contributed by atoms with E-state index in [0.717, 1.165) is 0 Å². The second kappa shape index (κ2) is 6.92. The van der Waals surface area contributed by atoms with Crippen LogP contribution in [0.15, 0.2) is 48.8 Å². The van der Waals surface area contributed by atoms with Crippen LogP contribution in [0.1, 0.15) is 11.6 Å². The molecule has 3 unspecified atom stereocenters. The van der Waals surface area contributed by atoms with Crippen molar-refractivity contribution in [2.75, 3.05) is 5.06 Å². The van der Waals surface area contributed by atoms with Crippen LogP contribution in [0.3, 0.4) is 0 Å². The summed E-state index contributed by atoms with van der Waals surface area (Å²) in [5.41, 5.74) is 0.893. The fourth-order valence-corrected chi connectivity index (χ4v) is 3.23. The Bertz CT molecular complexity index is 758. The normalized spacial score (nSPS) is 23.7. The average Bonchev–Trinajstić information content (AvgIpc) is 2.97. The molecule has 0 saturated carbocycles. The summed E-state index contributed by atoms with van der Waals surface area (Å²) >= 11 is 17.7. The zero-order chi connectivity index (χ0) is 18.2. The minimum Gasteiger partial charge on any atom is -0.264 e. The van der Waals surface area contributed by atoms with Gasteiger partial charge >= 0.3 is 0 Å². The van der Waals surface area contributed by atoms with Crippen LogP contribution in [0.4, 0.5) is 10.1 Å². The standard InChI is InChI=1S/C15H11Cl3FN3O3/c16-15(17,18)14-13(22(23)24)12(9-2-1-7-20-8-9)21(25-14)11-5-3-10(19)4-6-11/h1-8,12-14H. The number of pyridine rings is 1. The SMILES string of the molecule is O=[N+]([O-])C1C(c2cccnc2)N(c2ccc(F)cc2)OC1C(Cl)(Cl)Cl. The van der Waals surface area contributed by atoms with Crippen LogP contribution in [-0.4, -0.2) is 25.8 Å². The molecule has 25 heavy (non-hydrogen) atoms. The molecule has 0 bridgehead atoms. The molecule has 1 fully saturated rings. The van der Waals surface area contributed by atoms with E-state index >= 15 is 0 Å². The molecule has 1 aromatic carbocycles. The maximum atomic E-state index is 13.2. The molecule has 10 heteroatoms. The molecule has 0 N–H and O–H groups in total. The first-order valence-electron chi connectivity index (χ1n) is 7.11. The van der Waals surface area contributed by atoms with E-state index in [0.29, 0.717) is 11.3 Å². The minimum atomic E-state index is -2.03. The Balaban J connectivity index is 2.11. The van der Waals surface area contributed by atoms with Crippen LogP contribution in [0.2, 0.25) is 0 Å². The molecule has 3 rings (SSSR count). The number of hydroxylamine groups is 1. The molecule has 1 aliphatic rings. The summed E-state index contributed by atoms with van der Waals surface area (Å²) in [6, 6.07) is 6.29. The van der Waals surface area contributed by atoms with Crippen molar-refractivity contribution in [1.82, 2.24) is 4.98 Å². The monoisotopic (exact) mass is 405 g/mol. The highest BCUT2D eigenvalue weighted by Gasteiger charge is 2.60. The summed E-state index contributed by atoms with van der Waals surface area (Å²) in [4.78, 5) is 20.8. The molecule has 1 saturated heterocycles. The third kappa shape index (κ3) is 3.64. The number of rotatable bonds is 3. The van der Waals surface area contributed by atoms with E-state index in [2.05, 4.69) is 4.98 Å². The van der Waals surface area contributed by atoms with Crippen molar-refractivity contribution < 1.29 is 14.2 Å². The largest absolute Gasteiger partial charge is 0.272 e. The lowest BCUT2D eigenvalue weighted by atomic mass is 9.98. The molecule has 0 spiro atoms. The number of alkyl halides is 3. The third-order valence-corrected chi connectivity index (χ3v) is 4.43. The van der Waals surface area contributed by atoms with E-state index in [9.17, 15) is 14.5 Å². The van der Waals surface area contributed by atoms with Gasteiger partial charge in [-0.25, -0.2) is 9.45 Å². The molecule has 0 radical (unpaired) electrons. The number of halogens is 4. The topological polar surface area (TPSA) is 68.5 Å². The van der Waals surface area contributed by atoms with Gasteiger partial charge in [-0.05, 0) is 30.3 Å². The van der Waals surface area contributed by atoms with E-state index in [4.69, 9.17) is 39.6 Å². The second-order valence-corrected chi connectivity index (χ2v) is 7.75. The molecule has 2 heterocycles. The average molecular weight is 407 g/mol. The molecular formula is C15H11Cl3FN3O3. The second-order valence-electron chi connectivity index (χ2n) is 5.38. The van der Waals surface area contributed by atoms with Gasteiger partial charge in [-0.3, -0.25) is 19.9 Å². The maximum absolute atomic E-state index is 13.2. The van der Waals surface area contributed by atoms with Crippen LogP contribution in [-0.2, 0) is 4.84 Å². The van der Waals surface area contributed by atoms with Crippen molar-refractivity contribution in [2.24, 2.45) is 0 Å². The van der Waals surface area contributed by atoms with Gasteiger partial charge in [0.05, 0.1) is 5.69 Å². The van der Waals surface area contributed by atoms with Crippen molar-refractivity contribution in [1.29, 1.82) is 0 Å². The number of nitrogens with zero attached hydrogens (tertiary/aromatic N) is 3. The summed E-state index contributed by atoms with van der Waals surface area (Å²) in [5.74, 6) is -0.454. The van der Waals surface area contributed by atoms with Crippen LogP contribution in [0.25, 0.3) is 0 Å². The number of hydrogen-bond acceptors (Lipinski definition) is 5. The smallest absolute Gasteiger partial charge is 0.264 e. The zero-order valence-electron chi connectivity index (χ0n) is 12.4. The highest BCUT2D eigenvalue weighted by molar-refractivity contribution is 6.68. The fraction of sp³-hybridized carbons (Fsp3) is 0.267. The van der Waals surface area contributed by atoms with Gasteiger partial charge in [-0.1, -0.05) is 40.9 Å². The number of aromatic nitrogens is 1. The lowest BCUT2D eigenvalue weighted by Gasteiger charge is -2.24. The van der Waals surface area contributed by atoms with E-state index < -0.39 is 32.7 Å². The van der Waals surface area contributed by atoms with Gasteiger partial charge in [0.2, 0.25) is 9.90 Å². The first kappa shape index (κ1) is 18.1. The molecule has 6 nitrogen and oxygen atoms in total. The van der Waals surface area contributed by atoms with E-state index in [1.807, 2.05) is 0 Å². The first-order chi connectivity index (χ1) is 11.8. The predicted octanol–water partition coefficient (Wildman–Crippen LogP) is 4.10. The highest BCUT2D eigenvalue weighted by Crippen LogP contribution is 2.47. The van der Waals surface area contributed by atoms with E-state index in [-0.39, 0.29) is 0 Å². The quantitative estimate of drug-likeness (QED) is 0.436. The van der Waals surface area contributed by atoms with E-state index in [1.54, 1.807) is 12.1 Å². The van der Waals surface area contributed by atoms with Crippen LogP contribution < -0.4 is 5.06 Å². The third-order valence-electron chi connectivity index (χ3n) is 3.79. The summed E-state index contributed by atoms with van der Waals surface area (Å²) in [6.45, 7) is 0. The number of nitro groups is 1. The molecule has 3 atom stereocenters. The molecule has 1 aliphatic heterocycles. The molecule has 2 aromatic rings. The number of benzene rings is 1. The van der Waals surface area contributed by atoms with Gasteiger partial charge in [-0.15, -0.1) is 0 Å². The Kier molecular flexibility index (Phi) is 5.02. The van der Waals surface area contributed by atoms with Gasteiger partial charge in [-0.2, -0.15) is 0 Å². The number of hydrogen-bond donors (Lipinski definition) is 0. The Morgan fingerprint density at radius 3 is 2.44 bits per heavy atom. The van der Waals surface area contributed by atoms with Crippen molar-refractivity contribution in [3.05, 3.63) is 70.3 Å². The van der Waals surface area contributed by atoms with Gasteiger partial charge in [0.25, 0.3) is 6.04 Å². The predicted molar refractivity (Wildman–Crippen MR) is 91.8 cm³/mol. The summed E-state index contributed by atoms with van der Waals surface area (Å²) in [6.07, 6.45) is 1.67. The molecular weight excluding hydrogens is 396 g/mol. The van der Waals surface area contributed by atoms with Gasteiger partial charge in [0.15, 0.2) is 6.04 Å². The van der Waals surface area contributed by atoms with Crippen molar-refractivity contribution in [2.45, 2.75) is 22.0 Å². The van der Waals surface area contributed by atoms with Crippen LogP contribution >= 0.6 is 34.8 Å². The van der Waals surface area contributed by atoms with Crippen molar-refractivity contribution in [3.63, 3.8) is 0 Å². The van der Waals surface area contributed by atoms with Crippen molar-refractivity contribution >= 4 is 40.5 Å². The van der Waals surface area contributed by atoms with Gasteiger partial charge < -0.3 is 0 Å². The first-order valence-corrected chi connectivity index (χ1v) is 8.24. The summed E-state index contributed by atoms with van der Waals surface area (Å²) in [7, 11) is 0. The van der Waals surface area contributed by atoms with Crippen LogP contribution in [0, 0.1) is 15.9 Å². The Hall–Kier alpha value is -1.67. The number of anilines is 1. The lowest BCUT2D eigenvalue weighted by molar-refractivity contribution is -0.529. The van der Waals surface area contributed by atoms with Gasteiger partial charge in [0.1, 0.15) is 5.82 Å². The Morgan fingerprint density at radius 2 is 1.92 bits per heavy atom. The fourth-order valence-electron chi connectivity index (χ4n) is 2.73.